The average molecular weight is 254 g/mol. The fourth-order valence-electron chi connectivity index (χ4n) is 1.58. The topological polar surface area (TPSA) is 107 Å². The summed E-state index contributed by atoms with van der Waals surface area (Å²) in [5, 5.41) is 20.4. The van der Waals surface area contributed by atoms with Gasteiger partial charge in [-0.3, -0.25) is 9.89 Å². The number of carboxylic acids is 1. The van der Waals surface area contributed by atoms with Crippen LogP contribution in [0.25, 0.3) is 0 Å². The van der Waals surface area contributed by atoms with E-state index in [4.69, 9.17) is 5.11 Å². The highest BCUT2D eigenvalue weighted by molar-refractivity contribution is 5.75. The minimum atomic E-state index is -0.913. The molecule has 1 aromatic rings. The summed E-state index contributed by atoms with van der Waals surface area (Å²) in [6.07, 6.45) is 4.69. The van der Waals surface area contributed by atoms with Crippen LogP contribution in [0, 0.1) is 0 Å². The Hall–Kier alpha value is -2.05. The molecule has 0 aromatic carbocycles. The van der Waals surface area contributed by atoms with Gasteiger partial charge in [0.05, 0.1) is 12.6 Å². The van der Waals surface area contributed by atoms with Crippen molar-refractivity contribution in [1.82, 2.24) is 20.8 Å². The Morgan fingerprint density at radius 1 is 1.56 bits per heavy atom. The minimum Gasteiger partial charge on any atom is -0.481 e. The van der Waals surface area contributed by atoms with Crippen molar-refractivity contribution >= 4 is 12.0 Å². The number of hydrogen-bond acceptors (Lipinski definition) is 3. The van der Waals surface area contributed by atoms with E-state index in [1.165, 1.54) is 0 Å². The van der Waals surface area contributed by atoms with Crippen molar-refractivity contribution in [3.05, 3.63) is 18.0 Å². The third-order valence-electron chi connectivity index (χ3n) is 2.40. The number of carbonyl (C=O) groups is 2. The van der Waals surface area contributed by atoms with E-state index >= 15 is 0 Å². The summed E-state index contributed by atoms with van der Waals surface area (Å²) in [4.78, 5) is 22.2. The molecule has 1 aromatic heterocycles. The molecule has 100 valence electrons. The second kappa shape index (κ2) is 7.31. The number of H-pyrrole nitrogens is 1. The molecular weight excluding hydrogens is 236 g/mol. The molecule has 1 rings (SSSR count). The molecule has 0 spiro atoms. The van der Waals surface area contributed by atoms with Gasteiger partial charge in [-0.2, -0.15) is 5.10 Å². The summed E-state index contributed by atoms with van der Waals surface area (Å²) in [6.45, 7) is 2.30. The molecule has 1 unspecified atom stereocenters. The summed E-state index contributed by atoms with van der Waals surface area (Å²) in [5.74, 6) is -0.913. The summed E-state index contributed by atoms with van der Waals surface area (Å²) in [5.41, 5.74) is 0.857. The molecule has 18 heavy (non-hydrogen) atoms. The first-order valence-corrected chi connectivity index (χ1v) is 5.85. The zero-order chi connectivity index (χ0) is 13.4. The molecule has 0 aliphatic carbocycles. The number of rotatable bonds is 7. The van der Waals surface area contributed by atoms with Crippen LogP contribution >= 0.6 is 0 Å². The third kappa shape index (κ3) is 5.33. The first kappa shape index (κ1) is 14.0. The van der Waals surface area contributed by atoms with Gasteiger partial charge in [0.2, 0.25) is 0 Å². The Morgan fingerprint density at radius 2 is 2.33 bits per heavy atom. The number of aromatic amines is 1. The van der Waals surface area contributed by atoms with Crippen molar-refractivity contribution < 1.29 is 14.7 Å². The van der Waals surface area contributed by atoms with Crippen molar-refractivity contribution in [2.75, 3.05) is 0 Å². The van der Waals surface area contributed by atoms with Crippen molar-refractivity contribution in [3.8, 4) is 0 Å². The number of urea groups is 1. The maximum atomic E-state index is 11.6. The van der Waals surface area contributed by atoms with Gasteiger partial charge >= 0.3 is 12.0 Å². The van der Waals surface area contributed by atoms with Crippen LogP contribution < -0.4 is 10.6 Å². The van der Waals surface area contributed by atoms with E-state index in [-0.39, 0.29) is 18.5 Å². The van der Waals surface area contributed by atoms with Gasteiger partial charge in [-0.05, 0) is 6.42 Å². The lowest BCUT2D eigenvalue weighted by atomic mass is 10.1. The van der Waals surface area contributed by atoms with E-state index in [0.717, 1.165) is 12.0 Å². The van der Waals surface area contributed by atoms with Gasteiger partial charge in [-0.1, -0.05) is 13.3 Å². The molecule has 0 saturated heterocycles. The molecule has 0 radical (unpaired) electrons. The summed E-state index contributed by atoms with van der Waals surface area (Å²) in [7, 11) is 0. The highest BCUT2D eigenvalue weighted by Gasteiger charge is 2.14. The van der Waals surface area contributed by atoms with Crippen LogP contribution in [0.15, 0.2) is 12.4 Å². The molecule has 7 heteroatoms. The van der Waals surface area contributed by atoms with E-state index in [2.05, 4.69) is 20.8 Å². The lowest BCUT2D eigenvalue weighted by Crippen LogP contribution is -2.42. The Balaban J connectivity index is 2.33. The zero-order valence-electron chi connectivity index (χ0n) is 10.3. The van der Waals surface area contributed by atoms with Crippen LogP contribution in [0.3, 0.4) is 0 Å². The molecular formula is C11H18N4O3. The molecule has 7 nitrogen and oxygen atoms in total. The highest BCUT2D eigenvalue weighted by Crippen LogP contribution is 2.01. The van der Waals surface area contributed by atoms with Crippen molar-refractivity contribution in [3.63, 3.8) is 0 Å². The number of carbonyl (C=O) groups excluding carboxylic acids is 1. The van der Waals surface area contributed by atoms with E-state index < -0.39 is 5.97 Å². The molecule has 2 amide bonds. The smallest absolute Gasteiger partial charge is 0.315 e. The highest BCUT2D eigenvalue weighted by atomic mass is 16.4. The predicted molar refractivity (Wildman–Crippen MR) is 64.9 cm³/mol. The van der Waals surface area contributed by atoms with Crippen molar-refractivity contribution in [2.24, 2.45) is 0 Å². The van der Waals surface area contributed by atoms with Gasteiger partial charge in [0.1, 0.15) is 0 Å². The van der Waals surface area contributed by atoms with Crippen molar-refractivity contribution in [2.45, 2.75) is 38.8 Å². The number of aliphatic carboxylic acids is 1. The van der Waals surface area contributed by atoms with E-state index in [1.54, 1.807) is 12.4 Å². The maximum Gasteiger partial charge on any atom is 0.315 e. The molecule has 0 aliphatic rings. The van der Waals surface area contributed by atoms with E-state index in [9.17, 15) is 9.59 Å². The average Bonchev–Trinajstić information content (AvgIpc) is 2.78. The normalized spacial score (nSPS) is 11.8. The summed E-state index contributed by atoms with van der Waals surface area (Å²) < 4.78 is 0. The Morgan fingerprint density at radius 3 is 2.89 bits per heavy atom. The molecule has 0 bridgehead atoms. The number of amides is 2. The van der Waals surface area contributed by atoms with Crippen LogP contribution in [0.5, 0.6) is 0 Å². The number of aromatic nitrogens is 2. The fraction of sp³-hybridized carbons (Fsp3) is 0.545. The van der Waals surface area contributed by atoms with Crippen LogP contribution in [-0.2, 0) is 11.3 Å². The second-order valence-electron chi connectivity index (χ2n) is 4.02. The van der Waals surface area contributed by atoms with Crippen molar-refractivity contribution in [1.29, 1.82) is 0 Å². The van der Waals surface area contributed by atoms with Gasteiger partial charge < -0.3 is 15.7 Å². The van der Waals surface area contributed by atoms with Gasteiger partial charge in [0, 0.05) is 24.3 Å². The molecule has 1 atom stereocenters. The van der Waals surface area contributed by atoms with Crippen LogP contribution in [0.2, 0.25) is 0 Å². The fourth-order valence-corrected chi connectivity index (χ4v) is 1.58. The Kier molecular flexibility index (Phi) is 5.69. The molecule has 0 saturated carbocycles. The summed E-state index contributed by atoms with van der Waals surface area (Å²) >= 11 is 0. The van der Waals surface area contributed by atoms with Crippen LogP contribution in [0.1, 0.15) is 31.7 Å². The number of nitrogens with zero attached hydrogens (tertiary/aromatic N) is 1. The molecule has 4 N–H and O–H groups in total. The zero-order valence-corrected chi connectivity index (χ0v) is 10.3. The van der Waals surface area contributed by atoms with Gasteiger partial charge in [0.15, 0.2) is 0 Å². The number of carboxylic acid groups (broad SMARTS) is 1. The lowest BCUT2D eigenvalue weighted by molar-refractivity contribution is -0.137. The van der Waals surface area contributed by atoms with Gasteiger partial charge in [-0.25, -0.2) is 4.79 Å². The van der Waals surface area contributed by atoms with Gasteiger partial charge in [0.25, 0.3) is 0 Å². The number of nitrogens with one attached hydrogen (secondary N) is 3. The SMILES string of the molecule is CCCC(CC(=O)O)NC(=O)NCc1cn[nH]c1. The molecule has 0 fully saturated rings. The van der Waals surface area contributed by atoms with E-state index in [1.807, 2.05) is 6.92 Å². The lowest BCUT2D eigenvalue weighted by Gasteiger charge is -2.16. The van der Waals surface area contributed by atoms with E-state index in [0.29, 0.717) is 13.0 Å². The molecule has 0 aliphatic heterocycles. The Labute approximate surface area is 105 Å². The standard InChI is InChI=1S/C11H18N4O3/c1-2-3-9(4-10(16)17)15-11(18)12-5-8-6-13-14-7-8/h6-7,9H,2-5H2,1H3,(H,13,14)(H,16,17)(H2,12,15,18). The molecule has 1 heterocycles. The maximum absolute atomic E-state index is 11.6. The second-order valence-corrected chi connectivity index (χ2v) is 4.02. The largest absolute Gasteiger partial charge is 0.481 e. The predicted octanol–water partition coefficient (Wildman–Crippen LogP) is 0.852. The minimum absolute atomic E-state index is 0.0625. The quantitative estimate of drug-likeness (QED) is 0.578. The first-order chi connectivity index (χ1) is 8.61. The number of hydrogen-bond donors (Lipinski definition) is 4. The van der Waals surface area contributed by atoms with Gasteiger partial charge in [-0.15, -0.1) is 0 Å². The Bertz CT molecular complexity index is 378. The summed E-state index contributed by atoms with van der Waals surface area (Å²) in [6, 6.07) is -0.701. The van der Waals surface area contributed by atoms with Crippen LogP contribution in [0.4, 0.5) is 4.79 Å². The monoisotopic (exact) mass is 254 g/mol. The first-order valence-electron chi connectivity index (χ1n) is 5.85. The van der Waals surface area contributed by atoms with Crippen LogP contribution in [-0.4, -0.2) is 33.3 Å². The third-order valence-corrected chi connectivity index (χ3v) is 2.40.